The van der Waals surface area contributed by atoms with Gasteiger partial charge in [-0.05, 0) is 73.9 Å². The van der Waals surface area contributed by atoms with Crippen LogP contribution >= 0.6 is 0 Å². The van der Waals surface area contributed by atoms with E-state index in [2.05, 4.69) is 89.3 Å². The maximum absolute atomic E-state index is 3.63. The molecule has 3 aromatic heterocycles. The van der Waals surface area contributed by atoms with Gasteiger partial charge in [0.15, 0.2) is 0 Å². The molecule has 0 spiro atoms. The van der Waals surface area contributed by atoms with E-state index in [9.17, 15) is 0 Å². The molecule has 4 N–H and O–H groups in total. The lowest BCUT2D eigenvalue weighted by Gasteiger charge is -2.14. The van der Waals surface area contributed by atoms with Crippen LogP contribution in [-0.2, 0) is 0 Å². The number of hydrogen-bond acceptors (Lipinski definition) is 0. The molecule has 5 rings (SSSR count). The van der Waals surface area contributed by atoms with Gasteiger partial charge in [0.1, 0.15) is 5.69 Å². The predicted octanol–water partition coefficient (Wildman–Crippen LogP) is 4.16. The first-order chi connectivity index (χ1) is 14.6. The molecule has 0 atom stereocenters. The fourth-order valence-electron chi connectivity index (χ4n) is 4.38. The van der Waals surface area contributed by atoms with E-state index in [1.54, 1.807) is 0 Å². The van der Waals surface area contributed by atoms with Crippen molar-refractivity contribution in [3.8, 4) is 11.4 Å². The molecule has 4 heteroatoms. The second-order valence-corrected chi connectivity index (χ2v) is 7.89. The quantitative estimate of drug-likeness (QED) is 0.402. The van der Waals surface area contributed by atoms with E-state index < -0.39 is 0 Å². The topological polar surface area (TPSA) is 61.3 Å². The minimum Gasteiger partial charge on any atom is -0.360 e. The van der Waals surface area contributed by atoms with Crippen molar-refractivity contribution < 1.29 is 4.99 Å². The van der Waals surface area contributed by atoms with Crippen molar-refractivity contribution >= 4 is 11.3 Å². The van der Waals surface area contributed by atoms with Crippen molar-refractivity contribution in [2.45, 2.75) is 20.8 Å². The lowest BCUT2D eigenvalue weighted by Crippen LogP contribution is -2.68. The zero-order valence-corrected chi connectivity index (χ0v) is 17.4. The van der Waals surface area contributed by atoms with Crippen LogP contribution < -0.4 is 4.99 Å². The molecule has 4 aromatic rings. The average Bonchev–Trinajstić information content (AvgIpc) is 3.51. The van der Waals surface area contributed by atoms with Gasteiger partial charge in [-0.15, -0.1) is 0 Å². The molecular formula is C26H25N4+. The summed E-state index contributed by atoms with van der Waals surface area (Å²) in [6, 6.07) is 17.0. The minimum absolute atomic E-state index is 1.08. The van der Waals surface area contributed by atoms with Crippen LogP contribution in [0.1, 0.15) is 33.6 Å². The molecule has 1 aliphatic rings. The van der Waals surface area contributed by atoms with Crippen LogP contribution in [0.25, 0.3) is 17.0 Å². The third-order valence-corrected chi connectivity index (χ3v) is 5.61. The highest BCUT2D eigenvalue weighted by atomic mass is 14.8. The summed E-state index contributed by atoms with van der Waals surface area (Å²) in [4.78, 5) is 13.8. The average molecular weight is 394 g/mol. The Morgan fingerprint density at radius 1 is 0.767 bits per heavy atom. The van der Waals surface area contributed by atoms with Crippen LogP contribution in [0.2, 0.25) is 0 Å². The molecule has 0 fully saturated rings. The van der Waals surface area contributed by atoms with Gasteiger partial charge >= 0.3 is 0 Å². The van der Waals surface area contributed by atoms with Gasteiger partial charge in [0.25, 0.3) is 0 Å². The van der Waals surface area contributed by atoms with Crippen molar-refractivity contribution in [3.05, 3.63) is 112 Å². The van der Waals surface area contributed by atoms with Gasteiger partial charge in [0.2, 0.25) is 11.4 Å². The van der Waals surface area contributed by atoms with Gasteiger partial charge in [0, 0.05) is 24.5 Å². The maximum Gasteiger partial charge on any atom is 0.227 e. The van der Waals surface area contributed by atoms with Crippen LogP contribution in [0.3, 0.4) is 0 Å². The Morgan fingerprint density at radius 3 is 2.13 bits per heavy atom. The Morgan fingerprint density at radius 2 is 1.47 bits per heavy atom. The molecule has 0 saturated heterocycles. The van der Waals surface area contributed by atoms with Crippen molar-refractivity contribution in [2.24, 2.45) is 0 Å². The third-order valence-electron chi connectivity index (χ3n) is 5.61. The smallest absolute Gasteiger partial charge is 0.227 e. The second-order valence-electron chi connectivity index (χ2n) is 7.89. The van der Waals surface area contributed by atoms with Gasteiger partial charge in [-0.1, -0.05) is 17.7 Å². The van der Waals surface area contributed by atoms with Crippen LogP contribution in [0.15, 0.2) is 78.8 Å². The molecular weight excluding hydrogens is 368 g/mol. The molecule has 4 heterocycles. The van der Waals surface area contributed by atoms with E-state index >= 15 is 0 Å². The first-order valence-electron chi connectivity index (χ1n) is 10.2. The number of benzene rings is 1. The highest BCUT2D eigenvalue weighted by Gasteiger charge is 2.24. The molecule has 30 heavy (non-hydrogen) atoms. The van der Waals surface area contributed by atoms with Gasteiger partial charge in [-0.3, -0.25) is 0 Å². The minimum atomic E-state index is 1.08. The Balaban J connectivity index is 1.72. The van der Waals surface area contributed by atoms with Gasteiger partial charge in [-0.2, -0.15) is 0 Å². The number of nitrogens with one attached hydrogen (secondary N) is 4. The van der Waals surface area contributed by atoms with Crippen molar-refractivity contribution in [3.63, 3.8) is 0 Å². The van der Waals surface area contributed by atoms with E-state index in [1.165, 1.54) is 27.8 Å². The number of hydrogen-bond donors (Lipinski definition) is 4. The van der Waals surface area contributed by atoms with Crippen molar-refractivity contribution in [2.75, 3.05) is 0 Å². The Hall–Kier alpha value is -3.79. The molecule has 0 unspecified atom stereocenters. The molecule has 0 radical (unpaired) electrons. The van der Waals surface area contributed by atoms with Crippen molar-refractivity contribution in [1.82, 2.24) is 15.0 Å². The predicted molar refractivity (Wildman–Crippen MR) is 122 cm³/mol. The van der Waals surface area contributed by atoms with E-state index in [1.807, 2.05) is 24.5 Å². The first-order valence-corrected chi connectivity index (χ1v) is 10.2. The normalized spacial score (nSPS) is 15.0. The summed E-state index contributed by atoms with van der Waals surface area (Å²) in [6.45, 7) is 6.54. The molecule has 0 saturated carbocycles. The fraction of sp³-hybridized carbons (Fsp3) is 0.115. The van der Waals surface area contributed by atoms with E-state index in [-0.39, 0.29) is 0 Å². The van der Waals surface area contributed by atoms with Gasteiger partial charge in [-0.25, -0.2) is 4.99 Å². The van der Waals surface area contributed by atoms with Crippen molar-refractivity contribution in [1.29, 1.82) is 0 Å². The van der Waals surface area contributed by atoms with Crippen LogP contribution in [0.4, 0.5) is 0 Å². The third kappa shape index (κ3) is 3.16. The molecule has 148 valence electrons. The summed E-state index contributed by atoms with van der Waals surface area (Å²) in [5.41, 5.74) is 12.8. The molecule has 0 bridgehead atoms. The zero-order valence-electron chi connectivity index (χ0n) is 17.4. The molecule has 0 amide bonds. The highest BCUT2D eigenvalue weighted by Crippen LogP contribution is 2.32. The van der Waals surface area contributed by atoms with E-state index in [0.717, 1.165) is 34.2 Å². The molecule has 1 aliphatic heterocycles. The number of aromatic amines is 3. The monoisotopic (exact) mass is 393 g/mol. The largest absolute Gasteiger partial charge is 0.360 e. The lowest BCUT2D eigenvalue weighted by atomic mass is 9.91. The SMILES string of the molecule is Cc1cc(C)c(/C(=C2\C=CC(c3ccc[nH]3)=[NH+]2)c2ccc(-c3ccc[nH]3)[nH]2)c(C)c1. The molecule has 0 aliphatic carbocycles. The van der Waals surface area contributed by atoms with Gasteiger partial charge < -0.3 is 15.0 Å². The zero-order chi connectivity index (χ0) is 20.7. The Labute approximate surface area is 176 Å². The first kappa shape index (κ1) is 18.3. The Kier molecular flexibility index (Phi) is 4.40. The maximum atomic E-state index is 3.63. The molecule has 4 nitrogen and oxygen atoms in total. The van der Waals surface area contributed by atoms with Crippen LogP contribution in [0.5, 0.6) is 0 Å². The summed E-state index contributed by atoms with van der Waals surface area (Å²) in [6.07, 6.45) is 8.19. The number of aryl methyl sites for hydroxylation is 3. The number of aromatic nitrogens is 3. The fourth-order valence-corrected chi connectivity index (χ4v) is 4.38. The summed E-state index contributed by atoms with van der Waals surface area (Å²) >= 11 is 0. The summed E-state index contributed by atoms with van der Waals surface area (Å²) in [7, 11) is 0. The summed E-state index contributed by atoms with van der Waals surface area (Å²) in [5.74, 6) is 0. The van der Waals surface area contributed by atoms with Crippen LogP contribution in [-0.4, -0.2) is 20.7 Å². The lowest BCUT2D eigenvalue weighted by molar-refractivity contribution is -0.384. The highest BCUT2D eigenvalue weighted by molar-refractivity contribution is 6.05. The standard InChI is InChI=1S/C26H24N4/c1-16-14-17(2)25(18(3)15-16)26(23-10-8-21(29-23)19-6-4-12-27-19)24-11-9-22(30-24)20-7-5-13-28-20/h4-15,27-29H,1-3H3/p+1/b26-24+. The Bertz CT molecular complexity index is 1270. The summed E-state index contributed by atoms with van der Waals surface area (Å²) < 4.78 is 0. The van der Waals surface area contributed by atoms with Crippen LogP contribution in [0, 0.1) is 20.8 Å². The second kappa shape index (κ2) is 7.23. The summed E-state index contributed by atoms with van der Waals surface area (Å²) in [5, 5.41) is 0. The number of rotatable bonds is 4. The van der Waals surface area contributed by atoms with Gasteiger partial charge in [0.05, 0.1) is 22.7 Å². The van der Waals surface area contributed by atoms with E-state index in [4.69, 9.17) is 0 Å². The number of allylic oxidation sites excluding steroid dienone is 2. The number of H-pyrrole nitrogens is 3. The molecule has 1 aromatic carbocycles. The van der Waals surface area contributed by atoms with E-state index in [0.29, 0.717) is 0 Å².